The van der Waals surface area contributed by atoms with Crippen LogP contribution < -0.4 is 10.8 Å². The summed E-state index contributed by atoms with van der Waals surface area (Å²) in [6.07, 6.45) is 2.74. The van der Waals surface area contributed by atoms with Gasteiger partial charge in [-0.1, -0.05) is 48.5 Å². The van der Waals surface area contributed by atoms with Crippen LogP contribution in [0.2, 0.25) is 0 Å². The molecule has 0 saturated heterocycles. The number of hydroxylamine groups is 1. The Balaban J connectivity index is 1.39. The van der Waals surface area contributed by atoms with Gasteiger partial charge < -0.3 is 10.3 Å². The van der Waals surface area contributed by atoms with Crippen molar-refractivity contribution in [1.82, 2.24) is 15.8 Å². The predicted octanol–water partition coefficient (Wildman–Crippen LogP) is 3.14. The quantitative estimate of drug-likeness (QED) is 0.612. The van der Waals surface area contributed by atoms with Gasteiger partial charge in [0.25, 0.3) is 0 Å². The molecule has 1 heterocycles. The second-order valence-electron chi connectivity index (χ2n) is 5.24. The molecule has 23 heavy (non-hydrogen) atoms. The summed E-state index contributed by atoms with van der Waals surface area (Å²) in [6.45, 7) is 0.888. The van der Waals surface area contributed by atoms with Gasteiger partial charge in [0, 0.05) is 23.6 Å². The molecule has 2 amide bonds. The van der Waals surface area contributed by atoms with Gasteiger partial charge in [-0.2, -0.15) is 0 Å². The zero-order valence-corrected chi connectivity index (χ0v) is 12.7. The lowest BCUT2D eigenvalue weighted by atomic mass is 10.1. The van der Waals surface area contributed by atoms with Crippen LogP contribution in [0, 0.1) is 0 Å². The van der Waals surface area contributed by atoms with E-state index in [1.165, 1.54) is 10.9 Å². The largest absolute Gasteiger partial charge is 0.361 e. The fraction of sp³-hybridized carbons (Fsp3) is 0.167. The number of carbonyl (C=O) groups is 1. The molecule has 5 nitrogen and oxygen atoms in total. The molecule has 0 aliphatic carbocycles. The molecular formula is C18H19N3O2. The van der Waals surface area contributed by atoms with Crippen LogP contribution in [0.4, 0.5) is 4.79 Å². The van der Waals surface area contributed by atoms with E-state index < -0.39 is 0 Å². The predicted molar refractivity (Wildman–Crippen MR) is 89.8 cm³/mol. The Morgan fingerprint density at radius 2 is 1.83 bits per heavy atom. The van der Waals surface area contributed by atoms with Gasteiger partial charge in [0.15, 0.2) is 0 Å². The number of hydrogen-bond donors (Lipinski definition) is 3. The molecule has 3 aromatic rings. The molecule has 0 atom stereocenters. The number of benzene rings is 2. The Morgan fingerprint density at radius 3 is 2.70 bits per heavy atom. The van der Waals surface area contributed by atoms with E-state index in [-0.39, 0.29) is 6.03 Å². The molecule has 2 aromatic carbocycles. The maximum atomic E-state index is 11.7. The molecular weight excluding hydrogens is 290 g/mol. The number of aromatic nitrogens is 1. The first-order chi connectivity index (χ1) is 11.3. The molecule has 0 fully saturated rings. The highest BCUT2D eigenvalue weighted by atomic mass is 16.7. The Kier molecular flexibility index (Phi) is 4.91. The fourth-order valence-electron chi connectivity index (χ4n) is 2.44. The van der Waals surface area contributed by atoms with E-state index in [2.05, 4.69) is 21.8 Å². The molecule has 0 spiro atoms. The van der Waals surface area contributed by atoms with Crippen molar-refractivity contribution < 1.29 is 9.63 Å². The second-order valence-corrected chi connectivity index (χ2v) is 5.24. The lowest BCUT2D eigenvalue weighted by Crippen LogP contribution is -2.36. The summed E-state index contributed by atoms with van der Waals surface area (Å²) in [4.78, 5) is 20.1. The first kappa shape index (κ1) is 15.1. The SMILES string of the molecule is O=C(NCCc1c[nH]c2ccccc12)NOCc1ccccc1. The van der Waals surface area contributed by atoms with Crippen molar-refractivity contribution in [3.8, 4) is 0 Å². The van der Waals surface area contributed by atoms with E-state index in [0.29, 0.717) is 13.2 Å². The number of fused-ring (bicyclic) bond motifs is 1. The highest BCUT2D eigenvalue weighted by Crippen LogP contribution is 2.17. The fourth-order valence-corrected chi connectivity index (χ4v) is 2.44. The minimum absolute atomic E-state index is 0.333. The average Bonchev–Trinajstić information content (AvgIpc) is 2.99. The van der Waals surface area contributed by atoms with Crippen LogP contribution in [0.5, 0.6) is 0 Å². The molecule has 0 aliphatic heterocycles. The number of nitrogens with one attached hydrogen (secondary N) is 3. The number of amides is 2. The summed E-state index contributed by atoms with van der Waals surface area (Å²) in [5, 5.41) is 3.97. The van der Waals surface area contributed by atoms with Crippen LogP contribution >= 0.6 is 0 Å². The minimum Gasteiger partial charge on any atom is -0.361 e. The summed E-state index contributed by atoms with van der Waals surface area (Å²) in [5.74, 6) is 0. The van der Waals surface area contributed by atoms with Crippen LogP contribution in [0.25, 0.3) is 10.9 Å². The zero-order chi connectivity index (χ0) is 15.9. The van der Waals surface area contributed by atoms with Gasteiger partial charge in [-0.15, -0.1) is 0 Å². The number of para-hydroxylation sites is 1. The van der Waals surface area contributed by atoms with Crippen LogP contribution in [-0.2, 0) is 17.9 Å². The third-order valence-corrected chi connectivity index (χ3v) is 3.60. The van der Waals surface area contributed by atoms with Crippen molar-refractivity contribution in [2.75, 3.05) is 6.54 Å². The zero-order valence-electron chi connectivity index (χ0n) is 12.7. The summed E-state index contributed by atoms with van der Waals surface area (Å²) in [6, 6.07) is 17.5. The Bertz CT molecular complexity index is 768. The van der Waals surface area contributed by atoms with E-state index in [4.69, 9.17) is 4.84 Å². The molecule has 0 saturated carbocycles. The number of carbonyl (C=O) groups excluding carboxylic acids is 1. The summed E-state index contributed by atoms with van der Waals surface area (Å²) < 4.78 is 0. The van der Waals surface area contributed by atoms with Crippen molar-refractivity contribution in [2.24, 2.45) is 0 Å². The number of aromatic amines is 1. The highest BCUT2D eigenvalue weighted by Gasteiger charge is 2.04. The number of urea groups is 1. The Labute approximate surface area is 134 Å². The normalized spacial score (nSPS) is 10.6. The topological polar surface area (TPSA) is 66.2 Å². The maximum absolute atomic E-state index is 11.7. The van der Waals surface area contributed by atoms with Gasteiger partial charge in [-0.05, 0) is 23.6 Å². The summed E-state index contributed by atoms with van der Waals surface area (Å²) >= 11 is 0. The van der Waals surface area contributed by atoms with Crippen LogP contribution in [0.1, 0.15) is 11.1 Å². The van der Waals surface area contributed by atoms with Gasteiger partial charge in [-0.3, -0.25) is 4.84 Å². The van der Waals surface area contributed by atoms with Crippen LogP contribution in [-0.4, -0.2) is 17.6 Å². The molecule has 3 rings (SSSR count). The molecule has 0 bridgehead atoms. The lowest BCUT2D eigenvalue weighted by Gasteiger charge is -2.07. The van der Waals surface area contributed by atoms with Gasteiger partial charge >= 0.3 is 6.03 Å². The number of hydrogen-bond acceptors (Lipinski definition) is 2. The van der Waals surface area contributed by atoms with Crippen molar-refractivity contribution in [3.63, 3.8) is 0 Å². The molecule has 0 aliphatic rings. The maximum Gasteiger partial charge on any atom is 0.338 e. The van der Waals surface area contributed by atoms with Crippen molar-refractivity contribution in [2.45, 2.75) is 13.0 Å². The molecule has 0 unspecified atom stereocenters. The van der Waals surface area contributed by atoms with Gasteiger partial charge in [-0.25, -0.2) is 10.3 Å². The van der Waals surface area contributed by atoms with E-state index >= 15 is 0 Å². The second kappa shape index (κ2) is 7.47. The third kappa shape index (κ3) is 4.11. The van der Waals surface area contributed by atoms with Crippen LogP contribution in [0.15, 0.2) is 60.8 Å². The van der Waals surface area contributed by atoms with Crippen molar-refractivity contribution in [3.05, 3.63) is 71.9 Å². The van der Waals surface area contributed by atoms with Crippen molar-refractivity contribution in [1.29, 1.82) is 0 Å². The van der Waals surface area contributed by atoms with Crippen LogP contribution in [0.3, 0.4) is 0 Å². The Hall–Kier alpha value is -2.79. The Morgan fingerprint density at radius 1 is 1.04 bits per heavy atom. The first-order valence-corrected chi connectivity index (χ1v) is 7.57. The highest BCUT2D eigenvalue weighted by molar-refractivity contribution is 5.83. The number of rotatable bonds is 6. The first-order valence-electron chi connectivity index (χ1n) is 7.57. The minimum atomic E-state index is -0.333. The standard InChI is InChI=1S/C18H19N3O2/c22-18(21-23-13-14-6-2-1-3-7-14)19-11-10-15-12-20-17-9-5-4-8-16(15)17/h1-9,12,20H,10-11,13H2,(H2,19,21,22). The molecule has 5 heteroatoms. The smallest absolute Gasteiger partial charge is 0.338 e. The third-order valence-electron chi connectivity index (χ3n) is 3.60. The average molecular weight is 309 g/mol. The van der Waals surface area contributed by atoms with E-state index in [1.54, 1.807) is 0 Å². The summed E-state index contributed by atoms with van der Waals surface area (Å²) in [5.41, 5.74) is 5.69. The molecule has 0 radical (unpaired) electrons. The van der Waals surface area contributed by atoms with E-state index in [1.807, 2.05) is 54.7 Å². The van der Waals surface area contributed by atoms with Gasteiger partial charge in [0.05, 0.1) is 6.61 Å². The molecule has 118 valence electrons. The monoisotopic (exact) mass is 309 g/mol. The number of H-pyrrole nitrogens is 1. The van der Waals surface area contributed by atoms with E-state index in [9.17, 15) is 4.79 Å². The van der Waals surface area contributed by atoms with E-state index in [0.717, 1.165) is 17.5 Å². The van der Waals surface area contributed by atoms with Gasteiger partial charge in [0.2, 0.25) is 0 Å². The molecule has 3 N–H and O–H groups in total. The molecule has 1 aromatic heterocycles. The van der Waals surface area contributed by atoms with Gasteiger partial charge in [0.1, 0.15) is 0 Å². The lowest BCUT2D eigenvalue weighted by molar-refractivity contribution is 0.0492. The summed E-state index contributed by atoms with van der Waals surface area (Å²) in [7, 11) is 0. The van der Waals surface area contributed by atoms with Crippen molar-refractivity contribution >= 4 is 16.9 Å².